The maximum Gasteiger partial charge on any atom is 0.141 e. The molecular formula is C28H37Cl2FN6. The van der Waals surface area contributed by atoms with Crippen LogP contribution in [0.15, 0.2) is 63.1 Å². The molecule has 9 heteroatoms. The number of aliphatic imine (C=N–C) groups is 2. The standard InChI is InChI=1S/C28H37Cl2FN6/c1-21-19-36(28-23(29)9-4-5-12-34(28)3)15-8-16-37(21)27(32-2)18-26(33-20-35-13-6-7-14-35)22-10-11-25(31)24(30)17-22/h4-5,10-11,17-18,21H,2,6-9,12-16,19-20H2,1,3H3/b27-18+,33-26+. The van der Waals surface area contributed by atoms with E-state index in [9.17, 15) is 4.39 Å². The largest absolute Gasteiger partial charge is 0.357 e. The van der Waals surface area contributed by atoms with Crippen LogP contribution in [0.3, 0.4) is 0 Å². The minimum atomic E-state index is -0.441. The number of benzene rings is 1. The summed E-state index contributed by atoms with van der Waals surface area (Å²) in [6.45, 7) is 12.2. The van der Waals surface area contributed by atoms with Gasteiger partial charge in [-0.25, -0.2) is 9.38 Å². The fourth-order valence-electron chi connectivity index (χ4n) is 5.23. The molecule has 3 aliphatic rings. The molecule has 1 aromatic rings. The molecule has 6 nitrogen and oxygen atoms in total. The van der Waals surface area contributed by atoms with Gasteiger partial charge in [-0.1, -0.05) is 35.4 Å². The highest BCUT2D eigenvalue weighted by Gasteiger charge is 2.27. The highest BCUT2D eigenvalue weighted by atomic mass is 35.5. The van der Waals surface area contributed by atoms with Crippen LogP contribution in [0.25, 0.3) is 0 Å². The molecule has 1 atom stereocenters. The van der Waals surface area contributed by atoms with Crippen molar-refractivity contribution in [3.8, 4) is 0 Å². The molecule has 0 bridgehead atoms. The zero-order chi connectivity index (χ0) is 26.4. The Hall–Kier alpha value is -2.35. The molecule has 2 saturated heterocycles. The second-order valence-electron chi connectivity index (χ2n) is 9.93. The highest BCUT2D eigenvalue weighted by Crippen LogP contribution is 2.27. The van der Waals surface area contributed by atoms with E-state index in [0.29, 0.717) is 6.67 Å². The number of likely N-dealkylation sites (tertiary alicyclic amines) is 1. The second kappa shape index (κ2) is 12.9. The Kier molecular flexibility index (Phi) is 9.68. The number of nitrogens with zero attached hydrogens (tertiary/aromatic N) is 6. The maximum atomic E-state index is 13.9. The Bertz CT molecular complexity index is 1090. The van der Waals surface area contributed by atoms with Crippen LogP contribution in [0, 0.1) is 5.82 Å². The van der Waals surface area contributed by atoms with E-state index < -0.39 is 5.82 Å². The maximum absolute atomic E-state index is 13.9. The topological polar surface area (TPSA) is 37.7 Å². The molecular weight excluding hydrogens is 510 g/mol. The molecule has 3 aliphatic heterocycles. The van der Waals surface area contributed by atoms with Crippen LogP contribution in [0.4, 0.5) is 4.39 Å². The molecule has 0 aromatic heterocycles. The Balaban J connectivity index is 1.60. The van der Waals surface area contributed by atoms with Crippen molar-refractivity contribution in [2.75, 3.05) is 53.0 Å². The van der Waals surface area contributed by atoms with E-state index in [1.165, 1.54) is 18.9 Å². The Morgan fingerprint density at radius 2 is 1.92 bits per heavy atom. The zero-order valence-corrected chi connectivity index (χ0v) is 23.4. The quantitative estimate of drug-likeness (QED) is 0.331. The van der Waals surface area contributed by atoms with Gasteiger partial charge < -0.3 is 14.7 Å². The van der Waals surface area contributed by atoms with E-state index in [-0.39, 0.29) is 11.1 Å². The van der Waals surface area contributed by atoms with Crippen LogP contribution >= 0.6 is 23.2 Å². The first-order valence-electron chi connectivity index (χ1n) is 13.0. The third-order valence-corrected chi connectivity index (χ3v) is 7.78. The summed E-state index contributed by atoms with van der Waals surface area (Å²) >= 11 is 12.9. The van der Waals surface area contributed by atoms with E-state index in [4.69, 9.17) is 28.2 Å². The van der Waals surface area contributed by atoms with Crippen molar-refractivity contribution in [2.24, 2.45) is 9.98 Å². The third kappa shape index (κ3) is 6.95. The van der Waals surface area contributed by atoms with E-state index in [2.05, 4.69) is 57.4 Å². The number of hydrogen-bond donors (Lipinski definition) is 0. The van der Waals surface area contributed by atoms with E-state index >= 15 is 0 Å². The molecule has 0 saturated carbocycles. The molecule has 200 valence electrons. The van der Waals surface area contributed by atoms with Gasteiger partial charge in [-0.2, -0.15) is 0 Å². The van der Waals surface area contributed by atoms with E-state index in [1.54, 1.807) is 12.1 Å². The average molecular weight is 548 g/mol. The molecule has 1 unspecified atom stereocenters. The van der Waals surface area contributed by atoms with Gasteiger partial charge in [-0.3, -0.25) is 9.89 Å². The first kappa shape index (κ1) is 27.7. The molecule has 2 fully saturated rings. The molecule has 3 heterocycles. The number of likely N-dealkylation sites (N-methyl/N-ethyl adjacent to an activating group) is 1. The Morgan fingerprint density at radius 3 is 2.65 bits per heavy atom. The fraction of sp³-hybridized carbons (Fsp3) is 0.500. The summed E-state index contributed by atoms with van der Waals surface area (Å²) in [4.78, 5) is 18.6. The zero-order valence-electron chi connectivity index (χ0n) is 21.8. The summed E-state index contributed by atoms with van der Waals surface area (Å²) < 4.78 is 13.9. The Labute approximate surface area is 230 Å². The molecule has 0 amide bonds. The van der Waals surface area contributed by atoms with Crippen LogP contribution in [-0.4, -0.2) is 91.1 Å². The van der Waals surface area contributed by atoms with Gasteiger partial charge in [0.05, 0.1) is 22.4 Å². The van der Waals surface area contributed by atoms with Crippen LogP contribution in [0.1, 0.15) is 38.2 Å². The molecule has 0 radical (unpaired) electrons. The summed E-state index contributed by atoms with van der Waals surface area (Å²) in [5.41, 5.74) is 1.49. The lowest BCUT2D eigenvalue weighted by molar-refractivity contribution is 0.213. The monoisotopic (exact) mass is 546 g/mol. The Morgan fingerprint density at radius 1 is 1.14 bits per heavy atom. The second-order valence-corrected chi connectivity index (χ2v) is 10.8. The van der Waals surface area contributed by atoms with Gasteiger partial charge in [-0.15, -0.1) is 0 Å². The van der Waals surface area contributed by atoms with Crippen LogP contribution < -0.4 is 0 Å². The van der Waals surface area contributed by atoms with Gasteiger partial charge in [0.15, 0.2) is 0 Å². The summed E-state index contributed by atoms with van der Waals surface area (Å²) in [6.07, 6.45) is 10.3. The summed E-state index contributed by atoms with van der Waals surface area (Å²) in [7, 11) is 2.09. The lowest BCUT2D eigenvalue weighted by Gasteiger charge is -2.35. The lowest BCUT2D eigenvalue weighted by atomic mass is 10.1. The minimum absolute atomic E-state index is 0.0823. The van der Waals surface area contributed by atoms with Crippen molar-refractivity contribution in [1.29, 1.82) is 0 Å². The van der Waals surface area contributed by atoms with Crippen molar-refractivity contribution in [3.63, 3.8) is 0 Å². The normalized spacial score (nSPS) is 22.5. The van der Waals surface area contributed by atoms with Gasteiger partial charge in [-0.05, 0) is 64.2 Å². The van der Waals surface area contributed by atoms with E-state index in [1.807, 2.05) is 6.08 Å². The highest BCUT2D eigenvalue weighted by molar-refractivity contribution is 6.31. The van der Waals surface area contributed by atoms with Gasteiger partial charge in [0.1, 0.15) is 17.5 Å². The summed E-state index contributed by atoms with van der Waals surface area (Å²) in [5, 5.41) is 0.956. The van der Waals surface area contributed by atoms with Gasteiger partial charge >= 0.3 is 0 Å². The van der Waals surface area contributed by atoms with Crippen molar-refractivity contribution in [3.05, 3.63) is 69.5 Å². The predicted octanol–water partition coefficient (Wildman–Crippen LogP) is 5.56. The van der Waals surface area contributed by atoms with Gasteiger partial charge in [0, 0.05) is 57.3 Å². The number of hydrogen-bond acceptors (Lipinski definition) is 6. The number of halogens is 3. The van der Waals surface area contributed by atoms with Crippen molar-refractivity contribution < 1.29 is 4.39 Å². The summed E-state index contributed by atoms with van der Waals surface area (Å²) in [6, 6.07) is 4.91. The van der Waals surface area contributed by atoms with Crippen LogP contribution in [0.5, 0.6) is 0 Å². The van der Waals surface area contributed by atoms with Crippen LogP contribution in [0.2, 0.25) is 5.02 Å². The first-order chi connectivity index (χ1) is 17.9. The third-order valence-electron chi connectivity index (χ3n) is 7.17. The van der Waals surface area contributed by atoms with Crippen molar-refractivity contribution in [1.82, 2.24) is 19.6 Å². The van der Waals surface area contributed by atoms with Gasteiger partial charge in [0.2, 0.25) is 0 Å². The van der Waals surface area contributed by atoms with Crippen molar-refractivity contribution in [2.45, 2.75) is 38.6 Å². The predicted molar refractivity (Wildman–Crippen MR) is 153 cm³/mol. The molecule has 4 rings (SSSR count). The number of allylic oxidation sites excluding steroid dienone is 3. The lowest BCUT2D eigenvalue weighted by Crippen LogP contribution is -2.41. The molecule has 0 aliphatic carbocycles. The molecule has 0 N–H and O–H groups in total. The SMILES string of the molecule is C=N/C(=C\C(=N/CN1CCCC1)c1ccc(F)c(Cl)c1)N1CCCN(C2=C(Cl)CC=CCN2C)CC1C. The van der Waals surface area contributed by atoms with Crippen molar-refractivity contribution >= 4 is 35.6 Å². The molecule has 1 aromatic carbocycles. The fourth-order valence-corrected chi connectivity index (χ4v) is 5.76. The smallest absolute Gasteiger partial charge is 0.141 e. The molecule has 37 heavy (non-hydrogen) atoms. The van der Waals surface area contributed by atoms with E-state index in [0.717, 1.165) is 80.1 Å². The summed E-state index contributed by atoms with van der Waals surface area (Å²) in [5.74, 6) is 1.42. The number of rotatable bonds is 7. The molecule has 0 spiro atoms. The van der Waals surface area contributed by atoms with Gasteiger partial charge in [0.25, 0.3) is 0 Å². The average Bonchev–Trinajstić information content (AvgIpc) is 3.26. The minimum Gasteiger partial charge on any atom is -0.357 e. The van der Waals surface area contributed by atoms with Crippen LogP contribution in [-0.2, 0) is 0 Å². The first-order valence-corrected chi connectivity index (χ1v) is 13.8.